The van der Waals surface area contributed by atoms with Gasteiger partial charge in [-0.25, -0.2) is 0 Å². The molecule has 0 aliphatic carbocycles. The van der Waals surface area contributed by atoms with Gasteiger partial charge < -0.3 is 9.84 Å². The van der Waals surface area contributed by atoms with Crippen molar-refractivity contribution < 1.29 is 14.6 Å². The molecule has 1 aliphatic rings. The van der Waals surface area contributed by atoms with Gasteiger partial charge in [0.15, 0.2) is 0 Å². The van der Waals surface area contributed by atoms with Crippen molar-refractivity contribution in [3.63, 3.8) is 0 Å². The molecule has 1 heterocycles. The summed E-state index contributed by atoms with van der Waals surface area (Å²) < 4.78 is 6.69. The second-order valence-electron chi connectivity index (χ2n) is 7.53. The Labute approximate surface area is 179 Å². The van der Waals surface area contributed by atoms with Crippen molar-refractivity contribution in [3.05, 3.63) is 76.3 Å². The summed E-state index contributed by atoms with van der Waals surface area (Å²) in [6, 6.07) is 20.6. The first-order valence-electron chi connectivity index (χ1n) is 9.86. The van der Waals surface area contributed by atoms with E-state index < -0.39 is 5.97 Å². The fraction of sp³-hybridized carbons (Fsp3) is 0.292. The summed E-state index contributed by atoms with van der Waals surface area (Å²) in [6.45, 7) is 1.38. The third-order valence-electron chi connectivity index (χ3n) is 5.77. The quantitative estimate of drug-likeness (QED) is 0.554. The van der Waals surface area contributed by atoms with Crippen molar-refractivity contribution >= 4 is 32.7 Å². The number of ether oxygens (including phenoxy) is 1. The Hall–Kier alpha value is -2.37. The molecule has 0 radical (unpaired) electrons. The molecule has 1 fully saturated rings. The van der Waals surface area contributed by atoms with Crippen molar-refractivity contribution in [2.24, 2.45) is 5.92 Å². The molecule has 4 nitrogen and oxygen atoms in total. The highest BCUT2D eigenvalue weighted by molar-refractivity contribution is 9.10. The molecule has 0 bridgehead atoms. The molecular formula is C24H24BrNO3. The van der Waals surface area contributed by atoms with Gasteiger partial charge in [-0.15, -0.1) is 0 Å². The molecule has 5 heteroatoms. The maximum atomic E-state index is 11.7. The van der Waals surface area contributed by atoms with Gasteiger partial charge >= 0.3 is 5.97 Å². The van der Waals surface area contributed by atoms with E-state index in [-0.39, 0.29) is 12.0 Å². The van der Waals surface area contributed by atoms with Gasteiger partial charge in [-0.2, -0.15) is 0 Å². The molecule has 1 aliphatic heterocycles. The number of methoxy groups -OCH3 is 1. The van der Waals surface area contributed by atoms with Crippen molar-refractivity contribution in [2.45, 2.75) is 18.9 Å². The zero-order valence-corrected chi connectivity index (χ0v) is 17.9. The van der Waals surface area contributed by atoms with E-state index in [1.54, 1.807) is 7.11 Å². The van der Waals surface area contributed by atoms with E-state index >= 15 is 0 Å². The highest BCUT2D eigenvalue weighted by Gasteiger charge is 2.33. The first-order chi connectivity index (χ1) is 14.1. The number of nitrogens with zero attached hydrogens (tertiary/aromatic N) is 1. The molecule has 4 rings (SSSR count). The van der Waals surface area contributed by atoms with Crippen LogP contribution in [0.2, 0.25) is 0 Å². The van der Waals surface area contributed by atoms with Crippen LogP contribution in [0.15, 0.2) is 65.1 Å². The molecule has 150 valence electrons. The Morgan fingerprint density at radius 1 is 1.14 bits per heavy atom. The van der Waals surface area contributed by atoms with E-state index in [1.165, 1.54) is 16.3 Å². The fourth-order valence-electron chi connectivity index (χ4n) is 4.41. The van der Waals surface area contributed by atoms with Crippen molar-refractivity contribution in [1.29, 1.82) is 0 Å². The van der Waals surface area contributed by atoms with Crippen LogP contribution >= 0.6 is 15.9 Å². The minimum Gasteiger partial charge on any atom is -0.496 e. The molecule has 0 aromatic heterocycles. The fourth-order valence-corrected chi connectivity index (χ4v) is 4.79. The third kappa shape index (κ3) is 4.02. The Kier molecular flexibility index (Phi) is 5.88. The van der Waals surface area contributed by atoms with E-state index in [1.807, 2.05) is 18.2 Å². The average molecular weight is 454 g/mol. The van der Waals surface area contributed by atoms with Gasteiger partial charge in [0.1, 0.15) is 5.75 Å². The standard InChI is InChI=1S/C24H24BrNO3/c1-29-22-12-11-18(25)14-21(22)23(26-13-5-8-17(15-26)24(27)28)20-10-4-7-16-6-2-3-9-19(16)20/h2-4,6-7,9-12,14,17,23H,5,8,13,15H2,1H3,(H,27,28). The van der Waals surface area contributed by atoms with Crippen LogP contribution in [0, 0.1) is 5.92 Å². The highest BCUT2D eigenvalue weighted by Crippen LogP contribution is 2.40. The van der Waals surface area contributed by atoms with Gasteiger partial charge in [-0.1, -0.05) is 58.4 Å². The van der Waals surface area contributed by atoms with E-state index in [9.17, 15) is 9.90 Å². The molecule has 3 aromatic carbocycles. The minimum atomic E-state index is -0.715. The lowest BCUT2D eigenvalue weighted by molar-refractivity contribution is -0.143. The van der Waals surface area contributed by atoms with Crippen LogP contribution in [0.3, 0.4) is 0 Å². The summed E-state index contributed by atoms with van der Waals surface area (Å²) in [7, 11) is 1.68. The number of carboxylic acid groups (broad SMARTS) is 1. The summed E-state index contributed by atoms with van der Waals surface area (Å²) in [5, 5.41) is 12.0. The van der Waals surface area contributed by atoms with E-state index in [4.69, 9.17) is 4.74 Å². The molecule has 2 unspecified atom stereocenters. The monoisotopic (exact) mass is 453 g/mol. The molecule has 0 amide bonds. The molecular weight excluding hydrogens is 430 g/mol. The van der Waals surface area contributed by atoms with Crippen LogP contribution in [0.1, 0.15) is 30.0 Å². The minimum absolute atomic E-state index is 0.0873. The Morgan fingerprint density at radius 2 is 1.93 bits per heavy atom. The first-order valence-corrected chi connectivity index (χ1v) is 10.7. The van der Waals surface area contributed by atoms with Crippen LogP contribution in [0.25, 0.3) is 10.8 Å². The number of fused-ring (bicyclic) bond motifs is 1. The summed E-state index contributed by atoms with van der Waals surface area (Å²) >= 11 is 3.61. The van der Waals surface area contributed by atoms with Crippen LogP contribution in [0.5, 0.6) is 5.75 Å². The zero-order valence-electron chi connectivity index (χ0n) is 16.3. The maximum absolute atomic E-state index is 11.7. The number of aliphatic carboxylic acids is 1. The van der Waals surface area contributed by atoms with Crippen molar-refractivity contribution in [3.8, 4) is 5.75 Å². The van der Waals surface area contributed by atoms with Crippen LogP contribution in [-0.4, -0.2) is 36.2 Å². The van der Waals surface area contributed by atoms with E-state index in [0.717, 1.165) is 35.2 Å². The number of likely N-dealkylation sites (tertiary alicyclic amines) is 1. The van der Waals surface area contributed by atoms with E-state index in [0.29, 0.717) is 6.54 Å². The number of carbonyl (C=O) groups is 1. The number of benzene rings is 3. The molecule has 0 saturated carbocycles. The third-order valence-corrected chi connectivity index (χ3v) is 6.26. The van der Waals surface area contributed by atoms with Crippen LogP contribution < -0.4 is 4.74 Å². The lowest BCUT2D eigenvalue weighted by Gasteiger charge is -2.38. The number of hydrogen-bond donors (Lipinski definition) is 1. The Bertz CT molecular complexity index is 1030. The molecule has 29 heavy (non-hydrogen) atoms. The van der Waals surface area contributed by atoms with Gasteiger partial charge in [0, 0.05) is 16.6 Å². The number of rotatable bonds is 5. The molecule has 0 spiro atoms. The van der Waals surface area contributed by atoms with Gasteiger partial charge in [-0.05, 0) is 53.9 Å². The van der Waals surface area contributed by atoms with Crippen molar-refractivity contribution in [1.82, 2.24) is 4.90 Å². The summed E-state index contributed by atoms with van der Waals surface area (Å²) in [5.74, 6) is -0.254. The summed E-state index contributed by atoms with van der Waals surface area (Å²) in [6.07, 6.45) is 1.60. The normalized spacial score (nSPS) is 18.5. The smallest absolute Gasteiger partial charge is 0.307 e. The average Bonchev–Trinajstić information content (AvgIpc) is 2.74. The Morgan fingerprint density at radius 3 is 2.72 bits per heavy atom. The topological polar surface area (TPSA) is 49.8 Å². The molecule has 3 aromatic rings. The second kappa shape index (κ2) is 8.56. The second-order valence-corrected chi connectivity index (χ2v) is 8.45. The molecule has 1 saturated heterocycles. The lowest BCUT2D eigenvalue weighted by Crippen LogP contribution is -2.41. The predicted molar refractivity (Wildman–Crippen MR) is 118 cm³/mol. The highest BCUT2D eigenvalue weighted by atomic mass is 79.9. The SMILES string of the molecule is COc1ccc(Br)cc1C(c1cccc2ccccc12)N1CCCC(C(=O)O)C1. The van der Waals surface area contributed by atoms with Crippen molar-refractivity contribution in [2.75, 3.05) is 20.2 Å². The number of carboxylic acids is 1. The largest absolute Gasteiger partial charge is 0.496 e. The summed E-state index contributed by atoms with van der Waals surface area (Å²) in [5.41, 5.74) is 2.22. The van der Waals surface area contributed by atoms with Gasteiger partial charge in [0.25, 0.3) is 0 Å². The zero-order chi connectivity index (χ0) is 20.4. The van der Waals surface area contributed by atoms with E-state index in [2.05, 4.69) is 63.3 Å². The predicted octanol–water partition coefficient (Wildman–Crippen LogP) is 5.50. The van der Waals surface area contributed by atoms with Crippen LogP contribution in [-0.2, 0) is 4.79 Å². The lowest BCUT2D eigenvalue weighted by atomic mass is 9.88. The number of piperidine rings is 1. The first kappa shape index (κ1) is 19.9. The van der Waals surface area contributed by atoms with Gasteiger partial charge in [0.2, 0.25) is 0 Å². The summed E-state index contributed by atoms with van der Waals surface area (Å²) in [4.78, 5) is 14.0. The maximum Gasteiger partial charge on any atom is 0.307 e. The molecule has 1 N–H and O–H groups in total. The molecule has 2 atom stereocenters. The van der Waals surface area contributed by atoms with Crippen LogP contribution in [0.4, 0.5) is 0 Å². The Balaban J connectivity index is 1.90. The number of hydrogen-bond acceptors (Lipinski definition) is 3. The number of halogens is 1. The van der Waals surface area contributed by atoms with Gasteiger partial charge in [0.05, 0.1) is 19.1 Å². The van der Waals surface area contributed by atoms with Gasteiger partial charge in [-0.3, -0.25) is 9.69 Å².